The third-order valence-corrected chi connectivity index (χ3v) is 2.87. The molecule has 116 valence electrons. The Morgan fingerprint density at radius 1 is 1.36 bits per heavy atom. The van der Waals surface area contributed by atoms with Gasteiger partial charge in [0.05, 0.1) is 16.2 Å². The fourth-order valence-corrected chi connectivity index (χ4v) is 1.85. The number of nitrogens with zero attached hydrogens (tertiary/aromatic N) is 3. The number of H-pyrrole nitrogens is 1. The Kier molecular flexibility index (Phi) is 3.57. The van der Waals surface area contributed by atoms with Crippen LogP contribution in [0, 0.1) is 21.9 Å². The molecule has 2 aromatic rings. The number of aromatic nitrogens is 2. The molecule has 0 radical (unpaired) electrons. The summed E-state index contributed by atoms with van der Waals surface area (Å²) in [6.45, 7) is 1.32. The fraction of sp³-hybridized carbons (Fsp3) is 0.182. The average molecular weight is 316 g/mol. The molecule has 0 aliphatic heterocycles. The maximum Gasteiger partial charge on any atom is 0.416 e. The number of aryl methyl sites for hydroxylation is 1. The SMILES string of the molecule is Cc1[nH]n(-c2ccc(C(F)(F)F)cc2[N+](=O)[O-])c(=O)c1N=O. The monoisotopic (exact) mass is 316 g/mol. The molecule has 0 fully saturated rings. The van der Waals surface area contributed by atoms with Crippen molar-refractivity contribution in [2.24, 2.45) is 5.18 Å². The molecule has 1 aromatic heterocycles. The number of benzene rings is 1. The van der Waals surface area contributed by atoms with E-state index in [-0.39, 0.29) is 5.69 Å². The molecule has 0 bridgehead atoms. The van der Waals surface area contributed by atoms with Crippen LogP contribution in [-0.2, 0) is 6.18 Å². The van der Waals surface area contributed by atoms with E-state index in [0.29, 0.717) is 16.8 Å². The molecular formula is C11H7F3N4O4. The summed E-state index contributed by atoms with van der Waals surface area (Å²) >= 11 is 0. The van der Waals surface area contributed by atoms with Crippen molar-refractivity contribution >= 4 is 11.4 Å². The molecule has 8 nitrogen and oxygen atoms in total. The Hall–Kier alpha value is -2.98. The van der Waals surface area contributed by atoms with E-state index in [0.717, 1.165) is 6.07 Å². The molecule has 0 saturated heterocycles. The summed E-state index contributed by atoms with van der Waals surface area (Å²) in [4.78, 5) is 32.3. The van der Waals surface area contributed by atoms with E-state index in [1.54, 1.807) is 0 Å². The summed E-state index contributed by atoms with van der Waals surface area (Å²) in [6.07, 6.45) is -4.77. The van der Waals surface area contributed by atoms with Crippen LogP contribution < -0.4 is 5.56 Å². The number of hydrogen-bond acceptors (Lipinski definition) is 5. The minimum absolute atomic E-state index is 0.0363. The molecule has 22 heavy (non-hydrogen) atoms. The van der Waals surface area contributed by atoms with Gasteiger partial charge in [0, 0.05) is 6.07 Å². The third kappa shape index (κ3) is 2.47. The smallest absolute Gasteiger partial charge is 0.293 e. The summed E-state index contributed by atoms with van der Waals surface area (Å²) in [6, 6.07) is 1.68. The molecule has 0 unspecified atom stereocenters. The van der Waals surface area contributed by atoms with E-state index in [9.17, 15) is 33.0 Å². The van der Waals surface area contributed by atoms with Crippen LogP contribution in [-0.4, -0.2) is 14.7 Å². The summed E-state index contributed by atoms with van der Waals surface area (Å²) < 4.78 is 38.4. The predicted octanol–water partition coefficient (Wildman–Crippen LogP) is 2.80. The van der Waals surface area contributed by atoms with E-state index in [1.165, 1.54) is 6.92 Å². The lowest BCUT2D eigenvalue weighted by molar-refractivity contribution is -0.384. The van der Waals surface area contributed by atoms with Crippen molar-refractivity contribution < 1.29 is 18.1 Å². The Morgan fingerprint density at radius 2 is 2.00 bits per heavy atom. The van der Waals surface area contributed by atoms with Crippen LogP contribution in [0.2, 0.25) is 0 Å². The second-order valence-electron chi connectivity index (χ2n) is 4.28. The highest BCUT2D eigenvalue weighted by molar-refractivity contribution is 5.56. The molecule has 1 heterocycles. The van der Waals surface area contributed by atoms with Crippen molar-refractivity contribution in [3.63, 3.8) is 0 Å². The predicted molar refractivity (Wildman–Crippen MR) is 68.2 cm³/mol. The van der Waals surface area contributed by atoms with Crippen molar-refractivity contribution in [1.82, 2.24) is 9.78 Å². The number of aromatic amines is 1. The maximum atomic E-state index is 12.6. The van der Waals surface area contributed by atoms with Gasteiger partial charge in [-0.2, -0.15) is 13.2 Å². The number of alkyl halides is 3. The maximum absolute atomic E-state index is 12.6. The van der Waals surface area contributed by atoms with E-state index < -0.39 is 39.3 Å². The molecule has 0 aliphatic carbocycles. The van der Waals surface area contributed by atoms with E-state index in [2.05, 4.69) is 10.3 Å². The molecule has 0 aliphatic rings. The number of nitroso groups, excluding NO2 is 1. The molecule has 2 rings (SSSR count). The Bertz CT molecular complexity index is 822. The first-order chi connectivity index (χ1) is 10.2. The summed E-state index contributed by atoms with van der Waals surface area (Å²) in [7, 11) is 0. The van der Waals surface area contributed by atoms with Gasteiger partial charge in [-0.3, -0.25) is 20.0 Å². The normalized spacial score (nSPS) is 11.5. The molecule has 1 N–H and O–H groups in total. The van der Waals surface area contributed by atoms with Crippen molar-refractivity contribution in [2.75, 3.05) is 0 Å². The van der Waals surface area contributed by atoms with Crippen LogP contribution in [0.1, 0.15) is 11.3 Å². The molecule has 11 heteroatoms. The summed E-state index contributed by atoms with van der Waals surface area (Å²) in [5.41, 5.74) is -4.05. The Labute approximate surface area is 119 Å². The highest BCUT2D eigenvalue weighted by Crippen LogP contribution is 2.34. The fourth-order valence-electron chi connectivity index (χ4n) is 1.85. The number of hydrogen-bond donors (Lipinski definition) is 1. The third-order valence-electron chi connectivity index (χ3n) is 2.87. The van der Waals surface area contributed by atoms with Gasteiger partial charge < -0.3 is 0 Å². The van der Waals surface area contributed by atoms with Gasteiger partial charge >= 0.3 is 11.7 Å². The Balaban J connectivity index is 2.74. The number of nitrogens with one attached hydrogen (secondary N) is 1. The first kappa shape index (κ1) is 15.4. The van der Waals surface area contributed by atoms with Gasteiger partial charge in [-0.1, -0.05) is 0 Å². The zero-order valence-corrected chi connectivity index (χ0v) is 10.8. The molecule has 1 aromatic carbocycles. The van der Waals surface area contributed by atoms with Crippen LogP contribution in [0.4, 0.5) is 24.5 Å². The van der Waals surface area contributed by atoms with Crippen LogP contribution in [0.5, 0.6) is 0 Å². The van der Waals surface area contributed by atoms with Gasteiger partial charge in [0.25, 0.3) is 5.69 Å². The van der Waals surface area contributed by atoms with Crippen molar-refractivity contribution in [2.45, 2.75) is 13.1 Å². The number of halogens is 3. The van der Waals surface area contributed by atoms with Crippen LogP contribution >= 0.6 is 0 Å². The van der Waals surface area contributed by atoms with Gasteiger partial charge in [0.2, 0.25) is 0 Å². The van der Waals surface area contributed by atoms with E-state index >= 15 is 0 Å². The molecule has 0 atom stereocenters. The summed E-state index contributed by atoms with van der Waals surface area (Å²) in [5, 5.41) is 15.8. The standard InChI is InChI=1S/C11H7F3N4O4/c1-5-9(16-20)10(19)17(15-5)7-3-2-6(11(12,13)14)4-8(7)18(21)22/h2-4,15H,1H3. The number of nitro benzene ring substituents is 1. The number of rotatable bonds is 3. The lowest BCUT2D eigenvalue weighted by Crippen LogP contribution is -2.16. The molecule has 0 amide bonds. The largest absolute Gasteiger partial charge is 0.416 e. The van der Waals surface area contributed by atoms with Crippen LogP contribution in [0.25, 0.3) is 5.69 Å². The van der Waals surface area contributed by atoms with Gasteiger partial charge in [-0.05, 0) is 24.2 Å². The van der Waals surface area contributed by atoms with Crippen molar-refractivity contribution in [1.29, 1.82) is 0 Å². The molecule has 0 saturated carbocycles. The summed E-state index contributed by atoms with van der Waals surface area (Å²) in [5.74, 6) is 0. The molecule has 0 spiro atoms. The Morgan fingerprint density at radius 3 is 2.45 bits per heavy atom. The van der Waals surface area contributed by atoms with E-state index in [4.69, 9.17) is 0 Å². The van der Waals surface area contributed by atoms with Gasteiger partial charge in [0.15, 0.2) is 5.69 Å². The second kappa shape index (κ2) is 5.09. The first-order valence-electron chi connectivity index (χ1n) is 5.67. The zero-order valence-electron chi connectivity index (χ0n) is 10.8. The minimum Gasteiger partial charge on any atom is -0.293 e. The highest BCUT2D eigenvalue weighted by atomic mass is 19.4. The lowest BCUT2D eigenvalue weighted by Gasteiger charge is -2.08. The molecular weight excluding hydrogens is 309 g/mol. The van der Waals surface area contributed by atoms with Gasteiger partial charge in [-0.25, -0.2) is 4.68 Å². The lowest BCUT2D eigenvalue weighted by atomic mass is 10.1. The minimum atomic E-state index is -4.77. The van der Waals surface area contributed by atoms with Crippen LogP contribution in [0.3, 0.4) is 0 Å². The number of nitro groups is 1. The highest BCUT2D eigenvalue weighted by Gasteiger charge is 2.33. The van der Waals surface area contributed by atoms with E-state index in [1.807, 2.05) is 0 Å². The van der Waals surface area contributed by atoms with Crippen molar-refractivity contribution in [3.05, 3.63) is 54.8 Å². The zero-order chi connectivity index (χ0) is 16.7. The van der Waals surface area contributed by atoms with Crippen molar-refractivity contribution in [3.8, 4) is 5.69 Å². The second-order valence-corrected chi connectivity index (χ2v) is 4.28. The average Bonchev–Trinajstić information content (AvgIpc) is 2.71. The van der Waals surface area contributed by atoms with Crippen LogP contribution in [0.15, 0.2) is 28.2 Å². The topological polar surface area (TPSA) is 110 Å². The van der Waals surface area contributed by atoms with Gasteiger partial charge in [0.1, 0.15) is 5.69 Å². The van der Waals surface area contributed by atoms with Gasteiger partial charge in [-0.15, -0.1) is 4.91 Å². The first-order valence-corrected chi connectivity index (χ1v) is 5.67. The quantitative estimate of drug-likeness (QED) is 0.533.